The van der Waals surface area contributed by atoms with Crippen molar-refractivity contribution in [3.8, 4) is 16.8 Å². The summed E-state index contributed by atoms with van der Waals surface area (Å²) in [7, 11) is 1.42. The smallest absolute Gasteiger partial charge is 0.251 e. The van der Waals surface area contributed by atoms with Crippen molar-refractivity contribution >= 4 is 69.4 Å². The highest BCUT2D eigenvalue weighted by molar-refractivity contribution is 7.15. The van der Waals surface area contributed by atoms with Gasteiger partial charge >= 0.3 is 0 Å². The van der Waals surface area contributed by atoms with E-state index in [1.54, 1.807) is 23.5 Å². The van der Waals surface area contributed by atoms with Crippen molar-refractivity contribution in [3.63, 3.8) is 0 Å². The van der Waals surface area contributed by atoms with Crippen LogP contribution in [0, 0.1) is 49.2 Å². The number of carbonyl (C=O) groups excluding carboxylic acids is 3. The van der Waals surface area contributed by atoms with E-state index in [0.29, 0.717) is 69.0 Å². The molecule has 1 fully saturated rings. The fourth-order valence-electron chi connectivity index (χ4n) is 10.7. The number of nitrogens with zero attached hydrogens (tertiary/aromatic N) is 5. The topological polar surface area (TPSA) is 200 Å². The van der Waals surface area contributed by atoms with Gasteiger partial charge in [-0.1, -0.05) is 92.0 Å². The molecule has 2 aliphatic heterocycles. The van der Waals surface area contributed by atoms with Crippen LogP contribution in [0.3, 0.4) is 0 Å². The van der Waals surface area contributed by atoms with Crippen molar-refractivity contribution in [2.24, 2.45) is 10.4 Å². The largest absolute Gasteiger partial charge is 0.496 e. The first-order chi connectivity index (χ1) is 39.8. The van der Waals surface area contributed by atoms with Gasteiger partial charge < -0.3 is 39.6 Å². The number of rotatable bonds is 26. The average molecular weight is 1220 g/mol. The highest BCUT2D eigenvalue weighted by Gasteiger charge is 2.61. The molecule has 2 aliphatic rings. The van der Waals surface area contributed by atoms with Crippen LogP contribution in [0.4, 0.5) is 8.78 Å². The van der Waals surface area contributed by atoms with E-state index in [9.17, 15) is 19.6 Å². The summed E-state index contributed by atoms with van der Waals surface area (Å²) < 4.78 is 62.5. The minimum atomic E-state index is -1.78. The van der Waals surface area contributed by atoms with E-state index in [4.69, 9.17) is 63.5 Å². The average Bonchev–Trinajstić information content (AvgIpc) is 3.08. The van der Waals surface area contributed by atoms with Crippen LogP contribution >= 0.6 is 46.1 Å². The third kappa shape index (κ3) is 14.7. The number of halogens is 5. The first-order valence-corrected chi connectivity index (χ1v) is 29.2. The van der Waals surface area contributed by atoms with Crippen LogP contribution in [0.15, 0.2) is 83.9 Å². The van der Waals surface area contributed by atoms with Crippen molar-refractivity contribution in [2.45, 2.75) is 90.3 Å². The van der Waals surface area contributed by atoms with Crippen LogP contribution < -0.4 is 20.7 Å². The number of thiophene rings is 1. The summed E-state index contributed by atoms with van der Waals surface area (Å²) in [4.78, 5) is 47.5. The number of fused-ring (bicyclic) bond motifs is 3. The van der Waals surface area contributed by atoms with Gasteiger partial charge in [0.25, 0.3) is 5.91 Å². The Morgan fingerprint density at radius 2 is 1.48 bits per heavy atom. The van der Waals surface area contributed by atoms with Gasteiger partial charge in [-0.05, 0) is 86.2 Å². The quantitative estimate of drug-likeness (QED) is 0.0435. The summed E-state index contributed by atoms with van der Waals surface area (Å²) in [6, 6.07) is 20.4. The van der Waals surface area contributed by atoms with Crippen LogP contribution in [-0.4, -0.2) is 123 Å². The van der Waals surface area contributed by atoms with Gasteiger partial charge in [0.15, 0.2) is 11.6 Å². The van der Waals surface area contributed by atoms with Gasteiger partial charge in [-0.15, -0.1) is 21.5 Å². The number of aromatic nitrogens is 3. The Morgan fingerprint density at radius 1 is 0.831 bits per heavy atom. The summed E-state index contributed by atoms with van der Waals surface area (Å²) >= 11 is 20.4. The van der Waals surface area contributed by atoms with Crippen molar-refractivity contribution in [1.29, 1.82) is 5.26 Å². The lowest BCUT2D eigenvalue weighted by Gasteiger charge is -2.37. The molecule has 1 saturated heterocycles. The Bertz CT molecular complexity index is 3380. The zero-order chi connectivity index (χ0) is 59.6. The van der Waals surface area contributed by atoms with Crippen molar-refractivity contribution < 1.29 is 46.8 Å². The van der Waals surface area contributed by atoms with Gasteiger partial charge in [0.05, 0.1) is 89.2 Å². The molecule has 0 radical (unpaired) electrons. The van der Waals surface area contributed by atoms with Gasteiger partial charge in [-0.25, -0.2) is 8.78 Å². The molecule has 0 unspecified atom stereocenters. The van der Waals surface area contributed by atoms with Gasteiger partial charge in [-0.2, -0.15) is 5.26 Å². The Hall–Kier alpha value is -6.18. The molecule has 2 amide bonds. The van der Waals surface area contributed by atoms with E-state index in [0.717, 1.165) is 44.2 Å². The number of methoxy groups -OCH3 is 1. The molecule has 83 heavy (non-hydrogen) atoms. The SMILES string of the molecule is COc1cc(C(=O)NCCOCCOCCOCCOCCNC(=O)C[C@@H]2N=C(c3ccc(Cl)cc3)c3c(sc(C)c3C)-n3c(C)nnc32)ccc1CC(=O)[C@@H]1N[C@@H](CC(C)(C)C)[C@](C#N)(c2ccc(Cl)cc2F)[C@H]1c1cccc(Cl)c1F. The van der Waals surface area contributed by atoms with Crippen LogP contribution in [0.5, 0.6) is 5.75 Å². The van der Waals surface area contributed by atoms with Gasteiger partial charge in [0, 0.05) is 74.2 Å². The summed E-state index contributed by atoms with van der Waals surface area (Å²) in [6.07, 6.45) is 0.155. The number of nitrogens with one attached hydrogen (secondary N) is 3. The van der Waals surface area contributed by atoms with Crippen LogP contribution in [0.25, 0.3) is 5.00 Å². The number of ether oxygens (including phenoxy) is 5. The number of ketones is 1. The highest BCUT2D eigenvalue weighted by Crippen LogP contribution is 2.53. The van der Waals surface area contributed by atoms with E-state index < -0.39 is 58.2 Å². The molecule has 440 valence electrons. The van der Waals surface area contributed by atoms with E-state index in [1.165, 1.54) is 43.5 Å². The molecule has 8 rings (SSSR count). The van der Waals surface area contributed by atoms with Crippen molar-refractivity contribution in [3.05, 3.63) is 161 Å². The monoisotopic (exact) mass is 1210 g/mol. The summed E-state index contributed by atoms with van der Waals surface area (Å²) in [5.41, 5.74) is 2.27. The standard InChI is InChI=1S/C61H67Cl3F2N8O8S/c1-35-36(2)83-59-52(35)55(38-13-15-41(62)16-14-38)70-47(57-73-72-37(3)74(57)59)32-51(76)68-19-21-79-23-25-81-27-28-82-26-24-80-22-20-69-58(77)40-12-11-39(49(30-40)78-7)29-48(75)56-53(43-9-8-10-45(64)54(43)66)61(34-67,50(71-56)33-60(4,5)6)44-18-17-42(63)31-46(44)65/h8-18,30-31,47,50,53,56,71H,19-29,32-33H2,1-7H3,(H,68,76)(H,69,77)/t47-,50-,53-,56-,61-/m0/s1. The molecule has 2 aromatic heterocycles. The van der Waals surface area contributed by atoms with Crippen LogP contribution in [0.1, 0.15) is 106 Å². The van der Waals surface area contributed by atoms with Crippen LogP contribution in [0.2, 0.25) is 15.1 Å². The second-order valence-electron chi connectivity index (χ2n) is 21.5. The van der Waals surface area contributed by atoms with Gasteiger partial charge in [0.1, 0.15) is 39.7 Å². The Morgan fingerprint density at radius 3 is 2.12 bits per heavy atom. The predicted molar refractivity (Wildman–Crippen MR) is 316 cm³/mol. The minimum Gasteiger partial charge on any atom is -0.496 e. The number of carbonyl (C=O) groups is 3. The van der Waals surface area contributed by atoms with Gasteiger partial charge in [0.2, 0.25) is 5.91 Å². The lowest BCUT2D eigenvalue weighted by atomic mass is 9.62. The molecule has 4 heterocycles. The van der Waals surface area contributed by atoms with E-state index in [2.05, 4.69) is 46.1 Å². The molecule has 0 spiro atoms. The highest BCUT2D eigenvalue weighted by atomic mass is 35.5. The number of nitriles is 1. The lowest BCUT2D eigenvalue weighted by molar-refractivity contribution is -0.122. The Balaban J connectivity index is 0.733. The van der Waals surface area contributed by atoms with Crippen LogP contribution in [-0.2, 0) is 40.4 Å². The van der Waals surface area contributed by atoms with Gasteiger partial charge in [-0.3, -0.25) is 23.9 Å². The number of aryl methyl sites for hydroxylation is 2. The molecule has 0 bridgehead atoms. The molecule has 3 N–H and O–H groups in total. The molecule has 5 atom stereocenters. The second-order valence-corrected chi connectivity index (χ2v) is 24.0. The van der Waals surface area contributed by atoms with E-state index in [1.807, 2.05) is 56.5 Å². The molecule has 0 aliphatic carbocycles. The fourth-order valence-corrected chi connectivity index (χ4v) is 12.4. The fraction of sp³-hybridized carbons (Fsp3) is 0.426. The molecule has 22 heteroatoms. The molecular formula is C61H67Cl3F2N8O8S. The third-order valence-electron chi connectivity index (χ3n) is 14.7. The van der Waals surface area contributed by atoms with E-state index in [-0.39, 0.29) is 71.0 Å². The molecule has 0 saturated carbocycles. The van der Waals surface area contributed by atoms with Crippen molar-refractivity contribution in [2.75, 3.05) is 73.1 Å². The first kappa shape index (κ1) is 62.9. The van der Waals surface area contributed by atoms with Crippen molar-refractivity contribution in [1.82, 2.24) is 30.7 Å². The first-order valence-electron chi connectivity index (χ1n) is 27.2. The maximum Gasteiger partial charge on any atom is 0.251 e. The molecule has 6 aromatic rings. The molecule has 16 nitrogen and oxygen atoms in total. The maximum absolute atomic E-state index is 16.2. The summed E-state index contributed by atoms with van der Waals surface area (Å²) in [5, 5.41) is 30.7. The Labute approximate surface area is 501 Å². The maximum atomic E-state index is 16.2. The van der Waals surface area contributed by atoms with E-state index >= 15 is 8.78 Å². The third-order valence-corrected chi connectivity index (χ3v) is 16.6. The number of amides is 2. The zero-order valence-electron chi connectivity index (χ0n) is 47.3. The normalized spacial score (nSPS) is 18.4. The summed E-state index contributed by atoms with van der Waals surface area (Å²) in [5.74, 6) is -2.23. The number of benzene rings is 4. The number of hydrogen-bond acceptors (Lipinski definition) is 14. The lowest BCUT2D eigenvalue weighted by Crippen LogP contribution is -2.44. The minimum absolute atomic E-state index is 0.0108. The predicted octanol–water partition coefficient (Wildman–Crippen LogP) is 10.5. The molecular weight excluding hydrogens is 1150 g/mol. The number of hydrogen-bond donors (Lipinski definition) is 3. The molecule has 4 aromatic carbocycles. The summed E-state index contributed by atoms with van der Waals surface area (Å²) in [6.45, 7) is 14.9. The zero-order valence-corrected chi connectivity index (χ0v) is 50.4. The number of Topliss-reactive ketones (excluding diaryl/α,β-unsaturated/α-hetero) is 1. The Kier molecular flexibility index (Phi) is 21.3. The number of aliphatic imine (C=N–C) groups is 1. The second kappa shape index (κ2) is 28.1.